The van der Waals surface area contributed by atoms with Gasteiger partial charge in [0.05, 0.1) is 0 Å². The maximum atomic E-state index is 13.1. The van der Waals surface area contributed by atoms with E-state index in [0.29, 0.717) is 0 Å². The van der Waals surface area contributed by atoms with Crippen LogP contribution in [0.4, 0.5) is 17.6 Å². The fourth-order valence-corrected chi connectivity index (χ4v) is 1.43. The highest BCUT2D eigenvalue weighted by Gasteiger charge is 2.18. The summed E-state index contributed by atoms with van der Waals surface area (Å²) >= 11 is 0. The SMILES string of the molecule is C[Si](C)(C)C#Cc1c(F)c(F)cc(F)c1F. The minimum atomic E-state index is -1.86. The normalized spacial score (nSPS) is 10.9. The van der Waals surface area contributed by atoms with Gasteiger partial charge in [-0.15, -0.1) is 5.54 Å². The van der Waals surface area contributed by atoms with E-state index < -0.39 is 36.9 Å². The third kappa shape index (κ3) is 2.86. The summed E-state index contributed by atoms with van der Waals surface area (Å²) in [6.45, 7) is 5.56. The Hall–Kier alpha value is -1.28. The molecule has 0 nitrogen and oxygen atoms in total. The summed E-state index contributed by atoms with van der Waals surface area (Å²) in [7, 11) is -1.86. The Kier molecular flexibility index (Phi) is 3.43. The molecule has 0 fully saturated rings. The summed E-state index contributed by atoms with van der Waals surface area (Å²) in [5.74, 6) is -3.56. The molecule has 0 heterocycles. The number of benzene rings is 1. The molecule has 0 saturated carbocycles. The predicted octanol–water partition coefficient (Wildman–Crippen LogP) is 3.47. The summed E-state index contributed by atoms with van der Waals surface area (Å²) in [5, 5.41) is 0. The minimum Gasteiger partial charge on any atom is -0.204 e. The smallest absolute Gasteiger partial charge is 0.177 e. The van der Waals surface area contributed by atoms with Gasteiger partial charge in [0.15, 0.2) is 23.3 Å². The monoisotopic (exact) mass is 246 g/mol. The fraction of sp³-hybridized carbons (Fsp3) is 0.273. The van der Waals surface area contributed by atoms with E-state index >= 15 is 0 Å². The van der Waals surface area contributed by atoms with Gasteiger partial charge in [0.2, 0.25) is 0 Å². The Morgan fingerprint density at radius 3 is 1.75 bits per heavy atom. The van der Waals surface area contributed by atoms with Gasteiger partial charge in [0.1, 0.15) is 13.6 Å². The standard InChI is InChI=1S/C11H10F4Si/c1-16(2,3)5-4-7-10(14)8(12)6-9(13)11(7)15/h6H,1-3H3. The summed E-state index contributed by atoms with van der Waals surface area (Å²) in [6.07, 6.45) is 0. The van der Waals surface area contributed by atoms with Crippen molar-refractivity contribution in [3.63, 3.8) is 0 Å². The van der Waals surface area contributed by atoms with Gasteiger partial charge in [-0.2, -0.15) is 0 Å². The number of halogens is 4. The molecule has 0 amide bonds. The van der Waals surface area contributed by atoms with Crippen LogP contribution in [-0.2, 0) is 0 Å². The predicted molar refractivity (Wildman–Crippen MR) is 56.5 cm³/mol. The van der Waals surface area contributed by atoms with Crippen molar-refractivity contribution in [3.05, 3.63) is 34.9 Å². The van der Waals surface area contributed by atoms with Crippen LogP contribution in [0.1, 0.15) is 5.56 Å². The van der Waals surface area contributed by atoms with Crippen LogP contribution >= 0.6 is 0 Å². The van der Waals surface area contributed by atoms with Crippen molar-refractivity contribution >= 4 is 8.07 Å². The largest absolute Gasteiger partial charge is 0.204 e. The third-order valence-electron chi connectivity index (χ3n) is 1.67. The van der Waals surface area contributed by atoms with Gasteiger partial charge in [0, 0.05) is 6.07 Å². The van der Waals surface area contributed by atoms with Crippen LogP contribution in [0.3, 0.4) is 0 Å². The summed E-state index contributed by atoms with van der Waals surface area (Å²) in [6, 6.07) is 0.171. The molecule has 1 aromatic rings. The lowest BCUT2D eigenvalue weighted by atomic mass is 10.2. The highest BCUT2D eigenvalue weighted by Crippen LogP contribution is 2.18. The molecule has 0 N–H and O–H groups in total. The highest BCUT2D eigenvalue weighted by atomic mass is 28.3. The first-order valence-electron chi connectivity index (χ1n) is 4.58. The average Bonchev–Trinajstić information content (AvgIpc) is 2.13. The maximum Gasteiger partial charge on any atom is 0.177 e. The van der Waals surface area contributed by atoms with Gasteiger partial charge in [-0.25, -0.2) is 17.6 Å². The van der Waals surface area contributed by atoms with E-state index in [1.165, 1.54) is 0 Å². The van der Waals surface area contributed by atoms with Crippen LogP contribution < -0.4 is 0 Å². The lowest BCUT2D eigenvalue weighted by Gasteiger charge is -2.04. The van der Waals surface area contributed by atoms with Crippen molar-refractivity contribution in [2.24, 2.45) is 0 Å². The Labute approximate surface area is 92.3 Å². The minimum absolute atomic E-state index is 0.171. The number of hydrogen-bond donors (Lipinski definition) is 0. The molecule has 86 valence electrons. The number of rotatable bonds is 0. The van der Waals surface area contributed by atoms with Crippen molar-refractivity contribution in [2.45, 2.75) is 19.6 Å². The van der Waals surface area contributed by atoms with E-state index in [4.69, 9.17) is 0 Å². The molecule has 0 spiro atoms. The van der Waals surface area contributed by atoms with Crippen LogP contribution in [0, 0.1) is 34.7 Å². The lowest BCUT2D eigenvalue weighted by molar-refractivity contribution is 0.450. The summed E-state index contributed by atoms with van der Waals surface area (Å²) < 4.78 is 51.9. The van der Waals surface area contributed by atoms with Crippen LogP contribution in [-0.4, -0.2) is 8.07 Å². The van der Waals surface area contributed by atoms with Crippen molar-refractivity contribution in [2.75, 3.05) is 0 Å². The first-order valence-corrected chi connectivity index (χ1v) is 8.08. The highest BCUT2D eigenvalue weighted by molar-refractivity contribution is 6.83. The molecular weight excluding hydrogens is 236 g/mol. The molecule has 0 aliphatic carbocycles. The Bertz CT molecular complexity index is 451. The van der Waals surface area contributed by atoms with E-state index in [1.54, 1.807) is 0 Å². The zero-order chi connectivity index (χ0) is 12.5. The molecule has 5 heteroatoms. The Balaban J connectivity index is 3.38. The van der Waals surface area contributed by atoms with E-state index in [2.05, 4.69) is 11.5 Å². The van der Waals surface area contributed by atoms with Crippen molar-refractivity contribution in [3.8, 4) is 11.5 Å². The molecule has 1 rings (SSSR count). The molecule has 0 bridgehead atoms. The average molecular weight is 246 g/mol. The molecule has 0 aliphatic heterocycles. The maximum absolute atomic E-state index is 13.1. The molecule has 0 aromatic heterocycles. The molecule has 0 radical (unpaired) electrons. The van der Waals surface area contributed by atoms with Crippen molar-refractivity contribution < 1.29 is 17.6 Å². The zero-order valence-electron chi connectivity index (χ0n) is 9.09. The molecular formula is C11H10F4Si. The molecule has 0 aliphatic rings. The third-order valence-corrected chi connectivity index (χ3v) is 2.55. The molecule has 16 heavy (non-hydrogen) atoms. The zero-order valence-corrected chi connectivity index (χ0v) is 10.1. The van der Waals surface area contributed by atoms with E-state index in [-0.39, 0.29) is 6.07 Å². The number of hydrogen-bond acceptors (Lipinski definition) is 0. The molecule has 0 saturated heterocycles. The van der Waals surface area contributed by atoms with Gasteiger partial charge in [-0.1, -0.05) is 25.6 Å². The fourth-order valence-electron chi connectivity index (χ4n) is 0.933. The Morgan fingerprint density at radius 1 is 0.938 bits per heavy atom. The van der Waals surface area contributed by atoms with Gasteiger partial charge < -0.3 is 0 Å². The summed E-state index contributed by atoms with van der Waals surface area (Å²) in [4.78, 5) is 0. The van der Waals surface area contributed by atoms with Crippen LogP contribution in [0.2, 0.25) is 19.6 Å². The van der Waals surface area contributed by atoms with E-state index in [9.17, 15) is 17.6 Å². The lowest BCUT2D eigenvalue weighted by Crippen LogP contribution is -2.16. The molecule has 1 aromatic carbocycles. The second kappa shape index (κ2) is 4.30. The van der Waals surface area contributed by atoms with Crippen molar-refractivity contribution in [1.29, 1.82) is 0 Å². The van der Waals surface area contributed by atoms with Gasteiger partial charge in [-0.05, 0) is 0 Å². The Morgan fingerprint density at radius 2 is 1.38 bits per heavy atom. The van der Waals surface area contributed by atoms with E-state index in [1.807, 2.05) is 19.6 Å². The topological polar surface area (TPSA) is 0 Å². The second-order valence-electron chi connectivity index (χ2n) is 4.34. The van der Waals surface area contributed by atoms with Gasteiger partial charge in [0.25, 0.3) is 0 Å². The van der Waals surface area contributed by atoms with E-state index in [0.717, 1.165) is 0 Å². The summed E-state index contributed by atoms with van der Waals surface area (Å²) in [5.41, 5.74) is 1.82. The van der Waals surface area contributed by atoms with Crippen LogP contribution in [0.5, 0.6) is 0 Å². The van der Waals surface area contributed by atoms with Crippen LogP contribution in [0.25, 0.3) is 0 Å². The second-order valence-corrected chi connectivity index (χ2v) is 9.09. The van der Waals surface area contributed by atoms with Gasteiger partial charge >= 0.3 is 0 Å². The van der Waals surface area contributed by atoms with Gasteiger partial charge in [-0.3, -0.25) is 0 Å². The van der Waals surface area contributed by atoms with Crippen molar-refractivity contribution in [1.82, 2.24) is 0 Å². The molecule has 0 atom stereocenters. The quantitative estimate of drug-likeness (QED) is 0.284. The van der Waals surface area contributed by atoms with Crippen LogP contribution in [0.15, 0.2) is 6.07 Å². The molecule has 0 unspecified atom stereocenters. The first-order chi connectivity index (χ1) is 7.22. The first kappa shape index (κ1) is 12.8.